The highest BCUT2D eigenvalue weighted by Crippen LogP contribution is 2.28. The van der Waals surface area contributed by atoms with Crippen LogP contribution >= 0.6 is 11.6 Å². The Balaban J connectivity index is 1.93. The Labute approximate surface area is 147 Å². The third kappa shape index (κ3) is 3.51. The second-order valence-corrected chi connectivity index (χ2v) is 5.62. The summed E-state index contributed by atoms with van der Waals surface area (Å²) in [6.07, 6.45) is 1.42. The number of nitro groups is 1. The topological polar surface area (TPSA) is 105 Å². The Kier molecular flexibility index (Phi) is 4.49. The predicted molar refractivity (Wildman–Crippen MR) is 90.7 cm³/mol. The van der Waals surface area contributed by atoms with Crippen LogP contribution in [0.25, 0.3) is 22.5 Å². The van der Waals surface area contributed by atoms with Crippen molar-refractivity contribution in [3.8, 4) is 17.1 Å². The fourth-order valence-corrected chi connectivity index (χ4v) is 2.43. The summed E-state index contributed by atoms with van der Waals surface area (Å²) in [6.45, 7) is 1.92. The monoisotopic (exact) mass is 356 g/mol. The van der Waals surface area contributed by atoms with Gasteiger partial charge in [-0.05, 0) is 29.9 Å². The Morgan fingerprint density at radius 1 is 1.28 bits per heavy atom. The minimum Gasteiger partial charge on any atom is -0.868 e. The summed E-state index contributed by atoms with van der Waals surface area (Å²) in [6, 6.07) is 11.2. The van der Waals surface area contributed by atoms with Gasteiger partial charge in [0.05, 0.1) is 4.92 Å². The van der Waals surface area contributed by atoms with Gasteiger partial charge in [0, 0.05) is 11.6 Å². The fraction of sp³-hybridized carbons (Fsp3) is 0.0588. The number of nitro benzene ring substituents is 1. The van der Waals surface area contributed by atoms with E-state index in [4.69, 9.17) is 16.1 Å². The number of hydrogen-bond acceptors (Lipinski definition) is 6. The summed E-state index contributed by atoms with van der Waals surface area (Å²) < 4.78 is 5.15. The van der Waals surface area contributed by atoms with Crippen molar-refractivity contribution in [1.82, 2.24) is 10.1 Å². The van der Waals surface area contributed by atoms with E-state index < -0.39 is 16.4 Å². The molecule has 0 radical (unpaired) electrons. The number of halogens is 1. The third-order valence-electron chi connectivity index (χ3n) is 3.49. The lowest BCUT2D eigenvalue weighted by molar-refractivity contribution is -0.398. The zero-order chi connectivity index (χ0) is 18.0. The van der Waals surface area contributed by atoms with Crippen molar-refractivity contribution in [2.75, 3.05) is 0 Å². The number of benzene rings is 2. The summed E-state index contributed by atoms with van der Waals surface area (Å²) in [5, 5.41) is 26.3. The van der Waals surface area contributed by atoms with E-state index >= 15 is 0 Å². The lowest BCUT2D eigenvalue weighted by Gasteiger charge is -2.06. The van der Waals surface area contributed by atoms with Crippen molar-refractivity contribution >= 4 is 28.4 Å². The van der Waals surface area contributed by atoms with Crippen LogP contribution in [0, 0.1) is 17.0 Å². The predicted octanol–water partition coefficient (Wildman–Crippen LogP) is 3.76. The summed E-state index contributed by atoms with van der Waals surface area (Å²) in [5.41, 5.74) is 1.65. The highest BCUT2D eigenvalue weighted by atomic mass is 35.5. The smallest absolute Gasteiger partial charge is 0.269 e. The Hall–Kier alpha value is -3.19. The maximum Gasteiger partial charge on any atom is 0.269 e. The standard InChI is InChI=1S/C17H12ClN3O4/c1-10-4-2-3-5-12(10)16-19-17(25-20-16)13(18)8-11-6-7-15(22)14(9-11)21(23)24/h2-9,22H,1H3/p-1/b13-8-. The molecule has 0 fully saturated rings. The van der Waals surface area contributed by atoms with E-state index in [2.05, 4.69) is 10.1 Å². The van der Waals surface area contributed by atoms with Crippen LogP contribution in [-0.2, 0) is 0 Å². The molecule has 0 bridgehead atoms. The first-order chi connectivity index (χ1) is 12.0. The third-order valence-corrected chi connectivity index (χ3v) is 3.76. The lowest BCUT2D eigenvalue weighted by Crippen LogP contribution is -1.97. The van der Waals surface area contributed by atoms with Gasteiger partial charge in [0.15, 0.2) is 0 Å². The van der Waals surface area contributed by atoms with Gasteiger partial charge in [-0.15, -0.1) is 0 Å². The van der Waals surface area contributed by atoms with Crippen molar-refractivity contribution in [1.29, 1.82) is 0 Å². The Morgan fingerprint density at radius 2 is 2.04 bits per heavy atom. The molecule has 0 aliphatic heterocycles. The quantitative estimate of drug-likeness (QED) is 0.520. The van der Waals surface area contributed by atoms with Gasteiger partial charge < -0.3 is 9.63 Å². The summed E-state index contributed by atoms with van der Waals surface area (Å²) in [7, 11) is 0. The van der Waals surface area contributed by atoms with Crippen LogP contribution in [0.2, 0.25) is 0 Å². The SMILES string of the molecule is Cc1ccccc1-c1noc(/C(Cl)=C/c2ccc([O-])c([N+](=O)[O-])c2)n1. The molecular formula is C17H11ClN3O4-. The van der Waals surface area contributed by atoms with Gasteiger partial charge >= 0.3 is 0 Å². The van der Waals surface area contributed by atoms with E-state index in [0.717, 1.165) is 23.3 Å². The van der Waals surface area contributed by atoms with E-state index in [1.54, 1.807) is 0 Å². The van der Waals surface area contributed by atoms with E-state index in [1.807, 2.05) is 31.2 Å². The average Bonchev–Trinajstić information content (AvgIpc) is 3.06. The largest absolute Gasteiger partial charge is 0.868 e. The first kappa shape index (κ1) is 16.7. The van der Waals surface area contributed by atoms with Crippen LogP contribution < -0.4 is 5.11 Å². The first-order valence-electron chi connectivity index (χ1n) is 7.18. The van der Waals surface area contributed by atoms with Crippen molar-refractivity contribution in [3.05, 3.63) is 69.6 Å². The molecule has 1 heterocycles. The Morgan fingerprint density at radius 3 is 2.76 bits per heavy atom. The zero-order valence-corrected chi connectivity index (χ0v) is 13.7. The second-order valence-electron chi connectivity index (χ2n) is 5.21. The van der Waals surface area contributed by atoms with Crippen molar-refractivity contribution in [2.45, 2.75) is 6.92 Å². The second kappa shape index (κ2) is 6.74. The van der Waals surface area contributed by atoms with E-state index in [1.165, 1.54) is 12.1 Å². The maximum atomic E-state index is 11.4. The fourth-order valence-electron chi connectivity index (χ4n) is 2.23. The molecule has 3 rings (SSSR count). The molecule has 0 unspecified atom stereocenters. The van der Waals surface area contributed by atoms with E-state index in [-0.39, 0.29) is 10.9 Å². The zero-order valence-electron chi connectivity index (χ0n) is 13.0. The van der Waals surface area contributed by atoms with Crippen molar-refractivity contribution < 1.29 is 14.6 Å². The van der Waals surface area contributed by atoms with Crippen LogP contribution in [0.4, 0.5) is 5.69 Å². The lowest BCUT2D eigenvalue weighted by atomic mass is 10.1. The summed E-state index contributed by atoms with van der Waals surface area (Å²) >= 11 is 6.17. The van der Waals surface area contributed by atoms with Crippen molar-refractivity contribution in [3.63, 3.8) is 0 Å². The van der Waals surface area contributed by atoms with Crippen LogP contribution in [-0.4, -0.2) is 15.1 Å². The number of rotatable bonds is 4. The van der Waals surface area contributed by atoms with Crippen LogP contribution in [0.3, 0.4) is 0 Å². The normalized spacial score (nSPS) is 11.5. The molecule has 0 saturated heterocycles. The van der Waals surface area contributed by atoms with Gasteiger partial charge in [-0.2, -0.15) is 4.98 Å². The van der Waals surface area contributed by atoms with Gasteiger partial charge in [0.25, 0.3) is 11.6 Å². The molecule has 0 atom stereocenters. The van der Waals surface area contributed by atoms with Gasteiger partial charge in [-0.1, -0.05) is 53.2 Å². The average molecular weight is 357 g/mol. The Bertz CT molecular complexity index is 982. The molecule has 0 amide bonds. The molecule has 0 saturated carbocycles. The van der Waals surface area contributed by atoms with Gasteiger partial charge in [0.2, 0.25) is 5.82 Å². The molecule has 0 aliphatic carbocycles. The molecule has 7 nitrogen and oxygen atoms in total. The van der Waals surface area contributed by atoms with Crippen LogP contribution in [0.1, 0.15) is 17.0 Å². The molecule has 0 N–H and O–H groups in total. The minimum absolute atomic E-state index is 0.0776. The van der Waals surface area contributed by atoms with Gasteiger partial charge in [0.1, 0.15) is 5.03 Å². The molecule has 126 valence electrons. The number of nitrogens with zero attached hydrogens (tertiary/aromatic N) is 3. The highest BCUT2D eigenvalue weighted by Gasteiger charge is 2.14. The van der Waals surface area contributed by atoms with E-state index in [0.29, 0.717) is 11.4 Å². The molecule has 2 aromatic carbocycles. The van der Waals surface area contributed by atoms with Gasteiger partial charge in [-0.3, -0.25) is 10.1 Å². The van der Waals surface area contributed by atoms with E-state index in [9.17, 15) is 15.2 Å². The maximum absolute atomic E-state index is 11.4. The molecular weight excluding hydrogens is 346 g/mol. The molecule has 0 aliphatic rings. The summed E-state index contributed by atoms with van der Waals surface area (Å²) in [5.74, 6) is -0.202. The summed E-state index contributed by atoms with van der Waals surface area (Å²) in [4.78, 5) is 14.3. The molecule has 0 spiro atoms. The van der Waals surface area contributed by atoms with Crippen molar-refractivity contribution in [2.24, 2.45) is 0 Å². The molecule has 8 heteroatoms. The highest BCUT2D eigenvalue weighted by molar-refractivity contribution is 6.50. The molecule has 3 aromatic rings. The van der Waals surface area contributed by atoms with Gasteiger partial charge in [-0.25, -0.2) is 0 Å². The minimum atomic E-state index is -0.740. The number of hydrogen-bond donors (Lipinski definition) is 0. The molecule has 25 heavy (non-hydrogen) atoms. The first-order valence-corrected chi connectivity index (χ1v) is 7.56. The number of aromatic nitrogens is 2. The van der Waals surface area contributed by atoms with Crippen LogP contribution in [0.15, 0.2) is 47.0 Å². The molecule has 1 aromatic heterocycles. The van der Waals surface area contributed by atoms with Crippen LogP contribution in [0.5, 0.6) is 5.75 Å². The number of aryl methyl sites for hydroxylation is 1.